The van der Waals surface area contributed by atoms with Crippen molar-refractivity contribution >= 4 is 0 Å². The number of nitrogens with zero attached hydrogens (tertiary/aromatic N) is 1. The van der Waals surface area contributed by atoms with E-state index in [1.807, 2.05) is 0 Å². The first-order chi connectivity index (χ1) is 8.04. The fourth-order valence-corrected chi connectivity index (χ4v) is 2.58. The first kappa shape index (κ1) is 16.9. The van der Waals surface area contributed by atoms with Gasteiger partial charge in [-0.15, -0.1) is 0 Å². The summed E-state index contributed by atoms with van der Waals surface area (Å²) < 4.78 is 0. The summed E-state index contributed by atoms with van der Waals surface area (Å²) in [6.45, 7) is 16.1. The lowest BCUT2D eigenvalue weighted by Gasteiger charge is -2.37. The number of unbranched alkanes of at least 4 members (excludes halogenated alkanes) is 2. The standard InChI is InChI=1S/C15H34N2/c1-7-9-10-11-16-12-15(6)17(13(3)4)14(5)8-2/h13-16H,7-12H2,1-6H3. The van der Waals surface area contributed by atoms with Gasteiger partial charge in [-0.1, -0.05) is 26.7 Å². The Balaban J connectivity index is 3.93. The molecule has 0 aliphatic rings. The van der Waals surface area contributed by atoms with E-state index in [0.29, 0.717) is 18.1 Å². The lowest BCUT2D eigenvalue weighted by molar-refractivity contribution is 0.109. The van der Waals surface area contributed by atoms with Gasteiger partial charge in [0.2, 0.25) is 0 Å². The highest BCUT2D eigenvalue weighted by Gasteiger charge is 2.21. The Morgan fingerprint density at radius 3 is 2.06 bits per heavy atom. The van der Waals surface area contributed by atoms with Crippen LogP contribution in [0.1, 0.15) is 67.2 Å². The van der Waals surface area contributed by atoms with Crippen molar-refractivity contribution in [3.63, 3.8) is 0 Å². The molecular formula is C15H34N2. The van der Waals surface area contributed by atoms with Crippen molar-refractivity contribution in [2.75, 3.05) is 13.1 Å². The maximum Gasteiger partial charge on any atom is 0.0197 e. The molecule has 2 unspecified atom stereocenters. The molecule has 0 aliphatic heterocycles. The van der Waals surface area contributed by atoms with Gasteiger partial charge in [0.15, 0.2) is 0 Å². The molecule has 0 aliphatic carbocycles. The van der Waals surface area contributed by atoms with Crippen LogP contribution in [-0.2, 0) is 0 Å². The van der Waals surface area contributed by atoms with Crippen molar-refractivity contribution < 1.29 is 0 Å². The van der Waals surface area contributed by atoms with E-state index in [4.69, 9.17) is 0 Å². The highest BCUT2D eigenvalue weighted by molar-refractivity contribution is 4.77. The van der Waals surface area contributed by atoms with E-state index in [2.05, 4.69) is 51.8 Å². The maximum atomic E-state index is 3.59. The summed E-state index contributed by atoms with van der Waals surface area (Å²) in [5, 5.41) is 3.59. The van der Waals surface area contributed by atoms with Gasteiger partial charge in [0.1, 0.15) is 0 Å². The number of hydrogen-bond acceptors (Lipinski definition) is 2. The minimum absolute atomic E-state index is 0.631. The Morgan fingerprint density at radius 2 is 1.59 bits per heavy atom. The van der Waals surface area contributed by atoms with E-state index >= 15 is 0 Å². The third-order valence-corrected chi connectivity index (χ3v) is 3.60. The van der Waals surface area contributed by atoms with Gasteiger partial charge >= 0.3 is 0 Å². The van der Waals surface area contributed by atoms with Gasteiger partial charge in [0.05, 0.1) is 0 Å². The minimum atomic E-state index is 0.631. The van der Waals surface area contributed by atoms with E-state index in [9.17, 15) is 0 Å². The second kappa shape index (κ2) is 9.90. The molecule has 0 aromatic heterocycles. The van der Waals surface area contributed by atoms with Crippen molar-refractivity contribution in [2.24, 2.45) is 0 Å². The highest BCUT2D eigenvalue weighted by atomic mass is 15.2. The molecule has 2 atom stereocenters. The van der Waals surface area contributed by atoms with Crippen LogP contribution in [0.15, 0.2) is 0 Å². The molecule has 0 saturated heterocycles. The normalized spacial score (nSPS) is 15.5. The zero-order chi connectivity index (χ0) is 13.3. The molecule has 0 amide bonds. The Kier molecular flexibility index (Phi) is 9.85. The highest BCUT2D eigenvalue weighted by Crippen LogP contribution is 2.12. The fourth-order valence-electron chi connectivity index (χ4n) is 2.58. The van der Waals surface area contributed by atoms with E-state index in [0.717, 1.165) is 6.54 Å². The third-order valence-electron chi connectivity index (χ3n) is 3.60. The van der Waals surface area contributed by atoms with Crippen LogP contribution in [-0.4, -0.2) is 36.1 Å². The summed E-state index contributed by atoms with van der Waals surface area (Å²) in [6.07, 6.45) is 5.20. The predicted octanol–water partition coefficient (Wildman–Crippen LogP) is 3.66. The van der Waals surface area contributed by atoms with Crippen molar-refractivity contribution in [2.45, 2.75) is 85.4 Å². The molecule has 0 aromatic carbocycles. The molecule has 104 valence electrons. The van der Waals surface area contributed by atoms with Crippen molar-refractivity contribution in [3.05, 3.63) is 0 Å². The second-order valence-corrected chi connectivity index (χ2v) is 5.56. The number of rotatable bonds is 10. The average molecular weight is 242 g/mol. The summed E-state index contributed by atoms with van der Waals surface area (Å²) in [7, 11) is 0. The van der Waals surface area contributed by atoms with E-state index < -0.39 is 0 Å². The summed E-state index contributed by atoms with van der Waals surface area (Å²) in [5.74, 6) is 0. The van der Waals surface area contributed by atoms with Gasteiger partial charge in [0.25, 0.3) is 0 Å². The zero-order valence-corrected chi connectivity index (χ0v) is 12.9. The number of hydrogen-bond donors (Lipinski definition) is 1. The van der Waals surface area contributed by atoms with Gasteiger partial charge in [0, 0.05) is 24.7 Å². The first-order valence-corrected chi connectivity index (χ1v) is 7.52. The van der Waals surface area contributed by atoms with Gasteiger partial charge < -0.3 is 5.32 Å². The quantitative estimate of drug-likeness (QED) is 0.588. The van der Waals surface area contributed by atoms with Crippen LogP contribution in [0, 0.1) is 0 Å². The molecule has 1 N–H and O–H groups in total. The van der Waals surface area contributed by atoms with Gasteiger partial charge in [-0.3, -0.25) is 4.90 Å². The zero-order valence-electron chi connectivity index (χ0n) is 12.9. The smallest absolute Gasteiger partial charge is 0.0197 e. The SMILES string of the molecule is CCCCCNCC(C)N(C(C)C)C(C)CC. The Hall–Kier alpha value is -0.0800. The summed E-state index contributed by atoms with van der Waals surface area (Å²) in [5.41, 5.74) is 0. The molecule has 0 fully saturated rings. The molecule has 2 heteroatoms. The summed E-state index contributed by atoms with van der Waals surface area (Å²) in [4.78, 5) is 2.63. The third kappa shape index (κ3) is 7.05. The van der Waals surface area contributed by atoms with Crippen LogP contribution in [0.25, 0.3) is 0 Å². The van der Waals surface area contributed by atoms with Gasteiger partial charge in [-0.2, -0.15) is 0 Å². The Morgan fingerprint density at radius 1 is 0.941 bits per heavy atom. The molecule has 0 bridgehead atoms. The largest absolute Gasteiger partial charge is 0.315 e. The Bertz CT molecular complexity index is 168. The van der Waals surface area contributed by atoms with Crippen LogP contribution in [0.5, 0.6) is 0 Å². The molecule has 0 saturated carbocycles. The topological polar surface area (TPSA) is 15.3 Å². The van der Waals surface area contributed by atoms with Crippen molar-refractivity contribution in [1.29, 1.82) is 0 Å². The van der Waals surface area contributed by atoms with Crippen LogP contribution in [0.3, 0.4) is 0 Å². The number of nitrogens with one attached hydrogen (secondary N) is 1. The van der Waals surface area contributed by atoms with Crippen LogP contribution < -0.4 is 5.32 Å². The average Bonchev–Trinajstić information content (AvgIpc) is 2.28. The Labute approximate surface area is 109 Å². The molecule has 0 heterocycles. The molecule has 17 heavy (non-hydrogen) atoms. The maximum absolute atomic E-state index is 3.59. The van der Waals surface area contributed by atoms with Crippen LogP contribution >= 0.6 is 0 Å². The van der Waals surface area contributed by atoms with E-state index in [1.54, 1.807) is 0 Å². The van der Waals surface area contributed by atoms with E-state index in [-0.39, 0.29) is 0 Å². The van der Waals surface area contributed by atoms with Crippen molar-refractivity contribution in [1.82, 2.24) is 10.2 Å². The lowest BCUT2D eigenvalue weighted by atomic mass is 10.1. The van der Waals surface area contributed by atoms with Gasteiger partial charge in [-0.05, 0) is 47.1 Å². The monoisotopic (exact) mass is 242 g/mol. The molecule has 2 nitrogen and oxygen atoms in total. The van der Waals surface area contributed by atoms with Crippen LogP contribution in [0.2, 0.25) is 0 Å². The molecule has 0 spiro atoms. The molecule has 0 rings (SSSR count). The van der Waals surface area contributed by atoms with Gasteiger partial charge in [-0.25, -0.2) is 0 Å². The molecule has 0 radical (unpaired) electrons. The lowest BCUT2D eigenvalue weighted by Crippen LogP contribution is -2.48. The molecular weight excluding hydrogens is 208 g/mol. The predicted molar refractivity (Wildman–Crippen MR) is 78.6 cm³/mol. The summed E-state index contributed by atoms with van der Waals surface area (Å²) in [6, 6.07) is 1.95. The minimum Gasteiger partial charge on any atom is -0.315 e. The second-order valence-electron chi connectivity index (χ2n) is 5.56. The summed E-state index contributed by atoms with van der Waals surface area (Å²) >= 11 is 0. The van der Waals surface area contributed by atoms with E-state index in [1.165, 1.54) is 32.2 Å². The van der Waals surface area contributed by atoms with Crippen LogP contribution in [0.4, 0.5) is 0 Å². The molecule has 0 aromatic rings. The fraction of sp³-hybridized carbons (Fsp3) is 1.00. The van der Waals surface area contributed by atoms with Crippen molar-refractivity contribution in [3.8, 4) is 0 Å². The first-order valence-electron chi connectivity index (χ1n) is 7.52.